The number of aromatic nitrogens is 3. The van der Waals surface area contributed by atoms with Crippen molar-refractivity contribution in [3.8, 4) is 11.4 Å². The van der Waals surface area contributed by atoms with Gasteiger partial charge in [0.15, 0.2) is 5.69 Å². The first kappa shape index (κ1) is 21.9. The predicted molar refractivity (Wildman–Crippen MR) is 104 cm³/mol. The molecule has 0 aliphatic heterocycles. The van der Waals surface area contributed by atoms with Crippen LogP contribution in [0, 0.1) is 0 Å². The first-order chi connectivity index (χ1) is 11.9. The van der Waals surface area contributed by atoms with E-state index in [0.29, 0.717) is 18.7 Å². The number of carbonyl (C=O) groups is 1. The summed E-state index contributed by atoms with van der Waals surface area (Å²) in [7, 11) is 0. The molecule has 0 aliphatic rings. The van der Waals surface area contributed by atoms with Gasteiger partial charge in [-0.05, 0) is 57.9 Å². The maximum Gasteiger partial charge on any atom is 0.273 e. The van der Waals surface area contributed by atoms with Crippen molar-refractivity contribution in [2.45, 2.75) is 52.7 Å². The summed E-state index contributed by atoms with van der Waals surface area (Å²) in [6.07, 6.45) is 1.49. The van der Waals surface area contributed by atoms with E-state index in [1.165, 1.54) is 0 Å². The van der Waals surface area contributed by atoms with Gasteiger partial charge in [-0.2, -0.15) is 0 Å². The zero-order valence-corrected chi connectivity index (χ0v) is 16.5. The largest absolute Gasteiger partial charge is 0.491 e. The molecule has 0 saturated heterocycles. The first-order valence-corrected chi connectivity index (χ1v) is 8.67. The highest BCUT2D eigenvalue weighted by Crippen LogP contribution is 2.18. The van der Waals surface area contributed by atoms with E-state index in [9.17, 15) is 4.79 Å². The maximum absolute atomic E-state index is 12.3. The van der Waals surface area contributed by atoms with Crippen LogP contribution in [0.25, 0.3) is 5.69 Å². The van der Waals surface area contributed by atoms with Gasteiger partial charge < -0.3 is 15.8 Å². The summed E-state index contributed by atoms with van der Waals surface area (Å²) in [4.78, 5) is 12.3. The minimum atomic E-state index is -0.219. The zero-order valence-electron chi connectivity index (χ0n) is 15.7. The molecular formula is C18H28ClN5O2. The lowest BCUT2D eigenvalue weighted by molar-refractivity contribution is 0.0946. The summed E-state index contributed by atoms with van der Waals surface area (Å²) in [5.41, 5.74) is 7.67. The van der Waals surface area contributed by atoms with Crippen molar-refractivity contribution in [1.29, 1.82) is 0 Å². The number of carbonyl (C=O) groups excluding carboxylic acids is 1. The molecule has 1 aromatic heterocycles. The second kappa shape index (κ2) is 10.1. The van der Waals surface area contributed by atoms with Crippen LogP contribution >= 0.6 is 12.4 Å². The van der Waals surface area contributed by atoms with Crippen LogP contribution in [0.4, 0.5) is 0 Å². The Bertz CT molecular complexity index is 698. The third-order valence-corrected chi connectivity index (χ3v) is 3.65. The van der Waals surface area contributed by atoms with Crippen molar-refractivity contribution in [1.82, 2.24) is 20.3 Å². The Morgan fingerprint density at radius 1 is 1.27 bits per heavy atom. The molecule has 3 N–H and O–H groups in total. The molecular weight excluding hydrogens is 354 g/mol. The van der Waals surface area contributed by atoms with Crippen molar-refractivity contribution >= 4 is 18.3 Å². The molecule has 2 rings (SSSR count). The molecule has 2 aromatic rings. The van der Waals surface area contributed by atoms with Crippen LogP contribution in [-0.2, 0) is 6.42 Å². The van der Waals surface area contributed by atoms with Crippen LogP contribution in [0.1, 0.15) is 50.3 Å². The standard InChI is InChI=1S/C18H27N5O2.ClH/c1-5-16-17(18(24)20-11-10-13(4)19)21-22-23(16)14-6-8-15(9-7-14)25-12(2)3;/h6-9,12-13H,5,10-11,19H2,1-4H3,(H,20,24);1H. The second-order valence-corrected chi connectivity index (χ2v) is 6.33. The van der Waals surface area contributed by atoms with E-state index >= 15 is 0 Å². The summed E-state index contributed by atoms with van der Waals surface area (Å²) >= 11 is 0. The van der Waals surface area contributed by atoms with Gasteiger partial charge in [-0.25, -0.2) is 4.68 Å². The summed E-state index contributed by atoms with van der Waals surface area (Å²) in [5.74, 6) is 0.578. The van der Waals surface area contributed by atoms with Gasteiger partial charge in [0, 0.05) is 12.6 Å². The second-order valence-electron chi connectivity index (χ2n) is 6.33. The monoisotopic (exact) mass is 381 g/mol. The van der Waals surface area contributed by atoms with E-state index in [2.05, 4.69) is 15.6 Å². The van der Waals surface area contributed by atoms with E-state index in [4.69, 9.17) is 10.5 Å². The van der Waals surface area contributed by atoms with Crippen LogP contribution in [0.15, 0.2) is 24.3 Å². The average Bonchev–Trinajstić information content (AvgIpc) is 2.98. The minimum absolute atomic E-state index is 0. The van der Waals surface area contributed by atoms with E-state index in [0.717, 1.165) is 23.6 Å². The van der Waals surface area contributed by atoms with Crippen molar-refractivity contribution in [2.75, 3.05) is 6.54 Å². The Hall–Kier alpha value is -2.12. The fraction of sp³-hybridized carbons (Fsp3) is 0.500. The van der Waals surface area contributed by atoms with E-state index in [-0.39, 0.29) is 30.5 Å². The summed E-state index contributed by atoms with van der Waals surface area (Å²) in [6.45, 7) is 8.37. The molecule has 0 saturated carbocycles. The van der Waals surface area contributed by atoms with Gasteiger partial charge in [-0.1, -0.05) is 12.1 Å². The SMILES string of the molecule is CCc1c(C(=O)NCCC(C)N)nnn1-c1ccc(OC(C)C)cc1.Cl. The van der Waals surface area contributed by atoms with Gasteiger partial charge in [0.05, 0.1) is 17.5 Å². The van der Waals surface area contributed by atoms with Crippen LogP contribution < -0.4 is 15.8 Å². The lowest BCUT2D eigenvalue weighted by Crippen LogP contribution is -2.29. The molecule has 0 fully saturated rings. The Labute approximate surface area is 160 Å². The molecule has 1 amide bonds. The highest BCUT2D eigenvalue weighted by Gasteiger charge is 2.19. The Kier molecular flexibility index (Phi) is 8.54. The lowest BCUT2D eigenvalue weighted by Gasteiger charge is -2.11. The molecule has 0 bridgehead atoms. The quantitative estimate of drug-likeness (QED) is 0.732. The van der Waals surface area contributed by atoms with Crippen LogP contribution in [-0.4, -0.2) is 39.6 Å². The number of halogens is 1. The predicted octanol–water partition coefficient (Wildman–Crippen LogP) is 2.51. The molecule has 0 aliphatic carbocycles. The van der Waals surface area contributed by atoms with Gasteiger partial charge in [0.1, 0.15) is 5.75 Å². The fourth-order valence-corrected chi connectivity index (χ4v) is 2.44. The Morgan fingerprint density at radius 2 is 1.92 bits per heavy atom. The number of nitrogens with two attached hydrogens (primary N) is 1. The van der Waals surface area contributed by atoms with Gasteiger partial charge in [-0.15, -0.1) is 17.5 Å². The van der Waals surface area contributed by atoms with E-state index in [1.54, 1.807) is 4.68 Å². The first-order valence-electron chi connectivity index (χ1n) is 8.67. The van der Waals surface area contributed by atoms with E-state index in [1.807, 2.05) is 52.0 Å². The van der Waals surface area contributed by atoms with Crippen molar-refractivity contribution < 1.29 is 9.53 Å². The molecule has 144 valence electrons. The number of hydrogen-bond donors (Lipinski definition) is 2. The Morgan fingerprint density at radius 3 is 2.46 bits per heavy atom. The van der Waals surface area contributed by atoms with Gasteiger partial charge in [0.25, 0.3) is 5.91 Å². The van der Waals surface area contributed by atoms with Crippen molar-refractivity contribution in [3.05, 3.63) is 35.7 Å². The number of ether oxygens (including phenoxy) is 1. The molecule has 1 atom stereocenters. The smallest absolute Gasteiger partial charge is 0.273 e. The molecule has 0 radical (unpaired) electrons. The summed E-state index contributed by atoms with van der Waals surface area (Å²) in [6, 6.07) is 7.64. The number of benzene rings is 1. The average molecular weight is 382 g/mol. The topological polar surface area (TPSA) is 95.1 Å². The van der Waals surface area contributed by atoms with Gasteiger partial charge in [-0.3, -0.25) is 4.79 Å². The molecule has 1 unspecified atom stereocenters. The number of amides is 1. The van der Waals surface area contributed by atoms with Crippen LogP contribution in [0.3, 0.4) is 0 Å². The van der Waals surface area contributed by atoms with Crippen LogP contribution in [0.5, 0.6) is 5.75 Å². The number of nitrogens with one attached hydrogen (secondary N) is 1. The summed E-state index contributed by atoms with van der Waals surface area (Å²) in [5, 5.41) is 11.1. The number of nitrogens with zero attached hydrogens (tertiary/aromatic N) is 3. The van der Waals surface area contributed by atoms with E-state index < -0.39 is 0 Å². The molecule has 26 heavy (non-hydrogen) atoms. The molecule has 1 heterocycles. The third kappa shape index (κ3) is 5.71. The number of rotatable bonds is 8. The molecule has 1 aromatic carbocycles. The normalized spacial score (nSPS) is 11.8. The van der Waals surface area contributed by atoms with Gasteiger partial charge >= 0.3 is 0 Å². The summed E-state index contributed by atoms with van der Waals surface area (Å²) < 4.78 is 7.34. The van der Waals surface area contributed by atoms with Gasteiger partial charge in [0.2, 0.25) is 0 Å². The molecule has 7 nitrogen and oxygen atoms in total. The Balaban J connectivity index is 0.00000338. The third-order valence-electron chi connectivity index (χ3n) is 3.65. The lowest BCUT2D eigenvalue weighted by atomic mass is 10.2. The highest BCUT2D eigenvalue weighted by molar-refractivity contribution is 5.93. The fourth-order valence-electron chi connectivity index (χ4n) is 2.44. The zero-order chi connectivity index (χ0) is 18.4. The van der Waals surface area contributed by atoms with Crippen LogP contribution in [0.2, 0.25) is 0 Å². The molecule has 8 heteroatoms. The maximum atomic E-state index is 12.3. The highest BCUT2D eigenvalue weighted by atomic mass is 35.5. The van der Waals surface area contributed by atoms with Crippen molar-refractivity contribution in [3.63, 3.8) is 0 Å². The minimum Gasteiger partial charge on any atom is -0.491 e. The van der Waals surface area contributed by atoms with Crippen molar-refractivity contribution in [2.24, 2.45) is 5.73 Å². The number of hydrogen-bond acceptors (Lipinski definition) is 5. The molecule has 0 spiro atoms.